The Morgan fingerprint density at radius 1 is 1.57 bits per heavy atom. The first-order valence-corrected chi connectivity index (χ1v) is 7.81. The van der Waals surface area contributed by atoms with E-state index >= 15 is 0 Å². The second-order valence-electron chi connectivity index (χ2n) is 5.63. The Balaban J connectivity index is 2.10. The van der Waals surface area contributed by atoms with Gasteiger partial charge in [-0.25, -0.2) is 4.98 Å². The molecule has 21 heavy (non-hydrogen) atoms. The van der Waals surface area contributed by atoms with E-state index in [1.807, 2.05) is 6.20 Å². The molecule has 2 N–H and O–H groups in total. The smallest absolute Gasteiger partial charge is 0.224 e. The summed E-state index contributed by atoms with van der Waals surface area (Å²) in [6.45, 7) is 6.94. The third-order valence-corrected chi connectivity index (χ3v) is 4.14. The van der Waals surface area contributed by atoms with Gasteiger partial charge in [-0.1, -0.05) is 6.92 Å². The fraction of sp³-hybridized carbons (Fsp3) is 0.625. The molecule has 1 aromatic heterocycles. The van der Waals surface area contributed by atoms with Gasteiger partial charge in [0.15, 0.2) is 0 Å². The second-order valence-corrected chi connectivity index (χ2v) is 5.63. The molecule has 5 heteroatoms. The number of anilines is 1. The molecule has 1 fully saturated rings. The number of rotatable bonds is 5. The first-order chi connectivity index (χ1) is 10.2. The van der Waals surface area contributed by atoms with E-state index in [9.17, 15) is 4.79 Å². The Labute approximate surface area is 127 Å². The molecular formula is C16H26N4O. The van der Waals surface area contributed by atoms with Crippen LogP contribution >= 0.6 is 0 Å². The number of nitrogens with zero attached hydrogens (tertiary/aromatic N) is 2. The Hall–Kier alpha value is -1.62. The average Bonchev–Trinajstić information content (AvgIpc) is 2.54. The number of piperidine rings is 1. The van der Waals surface area contributed by atoms with Gasteiger partial charge in [-0.3, -0.25) is 4.79 Å². The quantitative estimate of drug-likeness (QED) is 0.867. The minimum Gasteiger partial charge on any atom is -0.359 e. The van der Waals surface area contributed by atoms with Crippen molar-refractivity contribution in [3.8, 4) is 0 Å². The van der Waals surface area contributed by atoms with Crippen molar-refractivity contribution in [2.45, 2.75) is 32.7 Å². The lowest BCUT2D eigenvalue weighted by Crippen LogP contribution is -2.42. The van der Waals surface area contributed by atoms with Crippen LogP contribution in [-0.2, 0) is 4.79 Å². The highest BCUT2D eigenvalue weighted by Crippen LogP contribution is 2.24. The van der Waals surface area contributed by atoms with Gasteiger partial charge < -0.3 is 15.5 Å². The van der Waals surface area contributed by atoms with Gasteiger partial charge in [0.1, 0.15) is 5.82 Å². The first-order valence-electron chi connectivity index (χ1n) is 7.81. The molecule has 1 aliphatic heterocycles. The van der Waals surface area contributed by atoms with Crippen LogP contribution in [0.1, 0.15) is 38.3 Å². The highest BCUT2D eigenvalue weighted by Gasteiger charge is 2.25. The third kappa shape index (κ3) is 3.94. The molecule has 0 aliphatic carbocycles. The molecule has 1 aliphatic rings. The van der Waals surface area contributed by atoms with E-state index in [1.54, 1.807) is 7.05 Å². The topological polar surface area (TPSA) is 57.3 Å². The molecule has 0 saturated carbocycles. The maximum Gasteiger partial charge on any atom is 0.224 e. The van der Waals surface area contributed by atoms with Crippen molar-refractivity contribution >= 4 is 11.7 Å². The number of pyridine rings is 1. The lowest BCUT2D eigenvalue weighted by atomic mass is 9.97. The summed E-state index contributed by atoms with van der Waals surface area (Å²) >= 11 is 0. The zero-order valence-electron chi connectivity index (χ0n) is 13.2. The maximum atomic E-state index is 11.8. The van der Waals surface area contributed by atoms with Gasteiger partial charge in [0.25, 0.3) is 0 Å². The summed E-state index contributed by atoms with van der Waals surface area (Å²) in [4.78, 5) is 18.6. The van der Waals surface area contributed by atoms with E-state index < -0.39 is 0 Å². The molecule has 1 saturated heterocycles. The van der Waals surface area contributed by atoms with Crippen molar-refractivity contribution in [3.05, 3.63) is 23.9 Å². The number of carbonyl (C=O) groups is 1. The summed E-state index contributed by atoms with van der Waals surface area (Å²) in [7, 11) is 1.71. The largest absolute Gasteiger partial charge is 0.359 e. The van der Waals surface area contributed by atoms with Crippen LogP contribution in [-0.4, -0.2) is 37.6 Å². The minimum atomic E-state index is 0.0698. The molecule has 2 heterocycles. The summed E-state index contributed by atoms with van der Waals surface area (Å²) in [5.41, 5.74) is 1.24. The lowest BCUT2D eigenvalue weighted by molar-refractivity contribution is -0.124. The molecule has 1 amide bonds. The Morgan fingerprint density at radius 3 is 3.10 bits per heavy atom. The van der Waals surface area contributed by atoms with Gasteiger partial charge in [-0.05, 0) is 44.0 Å². The third-order valence-electron chi connectivity index (χ3n) is 4.14. The van der Waals surface area contributed by atoms with Gasteiger partial charge in [0.2, 0.25) is 5.91 Å². The van der Waals surface area contributed by atoms with Gasteiger partial charge in [0, 0.05) is 32.4 Å². The summed E-state index contributed by atoms with van der Waals surface area (Å²) in [5.74, 6) is 1.18. The highest BCUT2D eigenvalue weighted by atomic mass is 16.1. The molecule has 5 nitrogen and oxygen atoms in total. The number of aromatic nitrogens is 1. The molecule has 0 bridgehead atoms. The molecule has 2 atom stereocenters. The van der Waals surface area contributed by atoms with Crippen LogP contribution in [0.3, 0.4) is 0 Å². The van der Waals surface area contributed by atoms with Gasteiger partial charge in [-0.2, -0.15) is 0 Å². The summed E-state index contributed by atoms with van der Waals surface area (Å²) < 4.78 is 0. The standard InChI is InChI=1S/C16H26N4O/c1-4-18-12(2)13-7-8-19-15(10-13)20-9-5-6-14(11-20)16(21)17-3/h7-8,10,12,14,18H,4-6,9,11H2,1-3H3,(H,17,21). The van der Waals surface area contributed by atoms with Crippen LogP contribution in [0.2, 0.25) is 0 Å². The molecule has 0 spiro atoms. The number of hydrogen-bond acceptors (Lipinski definition) is 4. The predicted molar refractivity (Wildman–Crippen MR) is 85.3 cm³/mol. The second kappa shape index (κ2) is 7.41. The zero-order valence-corrected chi connectivity index (χ0v) is 13.2. The number of nitrogens with one attached hydrogen (secondary N) is 2. The summed E-state index contributed by atoms with van der Waals surface area (Å²) in [5, 5.41) is 6.17. The van der Waals surface area contributed by atoms with Crippen molar-refractivity contribution in [2.75, 3.05) is 31.6 Å². The SMILES string of the molecule is CCNC(C)c1ccnc(N2CCCC(C(=O)NC)C2)c1. The predicted octanol–water partition coefficient (Wildman–Crippen LogP) is 1.71. The number of carbonyl (C=O) groups excluding carboxylic acids is 1. The van der Waals surface area contributed by atoms with Gasteiger partial charge in [-0.15, -0.1) is 0 Å². The molecule has 2 unspecified atom stereocenters. The fourth-order valence-electron chi connectivity index (χ4n) is 2.90. The molecule has 1 aromatic rings. The lowest BCUT2D eigenvalue weighted by Gasteiger charge is -2.33. The van der Waals surface area contributed by atoms with Crippen molar-refractivity contribution < 1.29 is 4.79 Å². The molecule has 2 rings (SSSR count). The van der Waals surface area contributed by atoms with Crippen LogP contribution in [0.4, 0.5) is 5.82 Å². The minimum absolute atomic E-state index is 0.0698. The van der Waals surface area contributed by atoms with Crippen LogP contribution < -0.4 is 15.5 Å². The Kier molecular flexibility index (Phi) is 5.56. The van der Waals surface area contributed by atoms with Crippen molar-refractivity contribution in [1.82, 2.24) is 15.6 Å². The molecule has 116 valence electrons. The molecule has 0 radical (unpaired) electrons. The molecule has 0 aromatic carbocycles. The van der Waals surface area contributed by atoms with E-state index in [-0.39, 0.29) is 11.8 Å². The normalized spacial score (nSPS) is 20.1. The zero-order chi connectivity index (χ0) is 15.2. The number of hydrogen-bond donors (Lipinski definition) is 2. The molecular weight excluding hydrogens is 264 g/mol. The average molecular weight is 290 g/mol. The monoisotopic (exact) mass is 290 g/mol. The van der Waals surface area contributed by atoms with Crippen molar-refractivity contribution in [1.29, 1.82) is 0 Å². The fourth-order valence-corrected chi connectivity index (χ4v) is 2.90. The van der Waals surface area contributed by atoms with E-state index in [1.165, 1.54) is 5.56 Å². The van der Waals surface area contributed by atoms with E-state index in [0.29, 0.717) is 6.04 Å². The van der Waals surface area contributed by atoms with Crippen LogP contribution in [0.25, 0.3) is 0 Å². The number of amides is 1. The Bertz CT molecular complexity index is 477. The van der Waals surface area contributed by atoms with Crippen LogP contribution in [0.15, 0.2) is 18.3 Å². The van der Waals surface area contributed by atoms with Crippen LogP contribution in [0.5, 0.6) is 0 Å². The first kappa shape index (κ1) is 15.8. The highest BCUT2D eigenvalue weighted by molar-refractivity contribution is 5.79. The maximum absolute atomic E-state index is 11.8. The van der Waals surface area contributed by atoms with Gasteiger partial charge >= 0.3 is 0 Å². The Morgan fingerprint density at radius 2 is 2.38 bits per heavy atom. The van der Waals surface area contributed by atoms with E-state index in [2.05, 4.69) is 46.5 Å². The van der Waals surface area contributed by atoms with Gasteiger partial charge in [0.05, 0.1) is 5.92 Å². The van der Waals surface area contributed by atoms with E-state index in [0.717, 1.165) is 38.3 Å². The van der Waals surface area contributed by atoms with Crippen LogP contribution in [0, 0.1) is 5.92 Å². The summed E-state index contributed by atoms with van der Waals surface area (Å²) in [6, 6.07) is 4.51. The van der Waals surface area contributed by atoms with E-state index in [4.69, 9.17) is 0 Å². The summed E-state index contributed by atoms with van der Waals surface area (Å²) in [6.07, 6.45) is 3.86. The van der Waals surface area contributed by atoms with Crippen molar-refractivity contribution in [3.63, 3.8) is 0 Å². The van der Waals surface area contributed by atoms with Crippen molar-refractivity contribution in [2.24, 2.45) is 5.92 Å².